The largest absolute Gasteiger partial charge is 0.497 e. The molecule has 3 aromatic rings. The minimum absolute atomic E-state index is 0.0308. The minimum Gasteiger partial charge on any atom is -0.497 e. The fourth-order valence-electron chi connectivity index (χ4n) is 2.83. The molecule has 5 heteroatoms. The van der Waals surface area contributed by atoms with Crippen LogP contribution in [0.3, 0.4) is 0 Å². The first-order valence-electron chi connectivity index (χ1n) is 9.14. The second-order valence-corrected chi connectivity index (χ2v) is 6.40. The molecule has 0 saturated heterocycles. The minimum atomic E-state index is -0.0688. The van der Waals surface area contributed by atoms with E-state index >= 15 is 0 Å². The van der Waals surface area contributed by atoms with E-state index in [0.29, 0.717) is 17.7 Å². The van der Waals surface area contributed by atoms with E-state index in [1.165, 1.54) is 0 Å². The molecule has 2 aromatic carbocycles. The number of ether oxygens (including phenoxy) is 1. The van der Waals surface area contributed by atoms with Gasteiger partial charge in [0.2, 0.25) is 6.54 Å². The number of ketones is 1. The Bertz CT molecular complexity index is 920. The van der Waals surface area contributed by atoms with Gasteiger partial charge in [0.05, 0.1) is 7.11 Å². The highest BCUT2D eigenvalue weighted by molar-refractivity contribution is 6.08. The molecule has 142 valence electrons. The van der Waals surface area contributed by atoms with Crippen molar-refractivity contribution < 1.29 is 18.9 Å². The summed E-state index contributed by atoms with van der Waals surface area (Å²) in [5.74, 6) is 0.718. The molecule has 1 N–H and O–H groups in total. The predicted molar refractivity (Wildman–Crippen MR) is 106 cm³/mol. The summed E-state index contributed by atoms with van der Waals surface area (Å²) in [7, 11) is 1.64. The molecule has 1 aromatic heterocycles. The molecule has 28 heavy (non-hydrogen) atoms. The number of nitrogens with one attached hydrogen (secondary N) is 1. The lowest BCUT2D eigenvalue weighted by Crippen LogP contribution is -2.43. The number of carbonyl (C=O) groups is 2. The molecular formula is C23H23N2O3+. The predicted octanol–water partition coefficient (Wildman–Crippen LogP) is 2.57. The third-order valence-electron chi connectivity index (χ3n) is 4.41. The molecule has 1 heterocycles. The van der Waals surface area contributed by atoms with Crippen molar-refractivity contribution in [3.8, 4) is 5.75 Å². The van der Waals surface area contributed by atoms with Crippen molar-refractivity contribution in [2.75, 3.05) is 13.7 Å². The molecule has 0 saturated carbocycles. The topological polar surface area (TPSA) is 59.3 Å². The average molecular weight is 375 g/mol. The smallest absolute Gasteiger partial charge is 0.285 e. The summed E-state index contributed by atoms with van der Waals surface area (Å²) in [6, 6.07) is 20.4. The second kappa shape index (κ2) is 9.46. The SMILES string of the molecule is COc1ccc(CCNC(=O)C[n+]2ccc(C(=O)c3ccccc3)cc2)cc1. The Balaban J connectivity index is 1.48. The van der Waals surface area contributed by atoms with Gasteiger partial charge in [-0.25, -0.2) is 0 Å². The van der Waals surface area contributed by atoms with Gasteiger partial charge < -0.3 is 10.1 Å². The number of hydrogen-bond donors (Lipinski definition) is 1. The van der Waals surface area contributed by atoms with Gasteiger partial charge in [-0.1, -0.05) is 42.5 Å². The molecule has 0 aliphatic rings. The summed E-state index contributed by atoms with van der Waals surface area (Å²) in [6.07, 6.45) is 4.25. The first-order valence-corrected chi connectivity index (χ1v) is 9.14. The highest BCUT2D eigenvalue weighted by Gasteiger charge is 2.12. The van der Waals surface area contributed by atoms with Gasteiger partial charge in [0.25, 0.3) is 5.91 Å². The van der Waals surface area contributed by atoms with Crippen molar-refractivity contribution in [3.63, 3.8) is 0 Å². The van der Waals surface area contributed by atoms with Gasteiger partial charge in [-0.3, -0.25) is 9.59 Å². The van der Waals surface area contributed by atoms with Crippen LogP contribution >= 0.6 is 0 Å². The van der Waals surface area contributed by atoms with Crippen molar-refractivity contribution in [2.24, 2.45) is 0 Å². The Labute approximate surface area is 164 Å². The number of carbonyl (C=O) groups excluding carboxylic acids is 2. The Hall–Kier alpha value is -3.47. The zero-order valence-corrected chi connectivity index (χ0v) is 15.8. The van der Waals surface area contributed by atoms with Gasteiger partial charge in [0, 0.05) is 29.8 Å². The van der Waals surface area contributed by atoms with E-state index in [4.69, 9.17) is 4.74 Å². The van der Waals surface area contributed by atoms with Crippen molar-refractivity contribution in [1.82, 2.24) is 5.32 Å². The summed E-state index contributed by atoms with van der Waals surface area (Å²) in [4.78, 5) is 24.5. The summed E-state index contributed by atoms with van der Waals surface area (Å²) < 4.78 is 6.89. The number of rotatable bonds is 8. The number of pyridine rings is 1. The number of benzene rings is 2. The van der Waals surface area contributed by atoms with E-state index in [1.54, 1.807) is 48.3 Å². The Kier molecular flexibility index (Phi) is 6.52. The summed E-state index contributed by atoms with van der Waals surface area (Å²) in [5, 5.41) is 2.91. The van der Waals surface area contributed by atoms with Gasteiger partial charge >= 0.3 is 0 Å². The Morgan fingerprint density at radius 1 is 0.893 bits per heavy atom. The van der Waals surface area contributed by atoms with Crippen LogP contribution in [0.1, 0.15) is 21.5 Å². The number of methoxy groups -OCH3 is 1. The van der Waals surface area contributed by atoms with Crippen LogP contribution in [0.5, 0.6) is 5.75 Å². The second-order valence-electron chi connectivity index (χ2n) is 6.40. The first-order chi connectivity index (χ1) is 13.7. The highest BCUT2D eigenvalue weighted by Crippen LogP contribution is 2.11. The molecule has 0 radical (unpaired) electrons. The standard InChI is InChI=1S/C23H22N2O3/c1-28-21-9-7-18(8-10-21)11-14-24-22(26)17-25-15-12-20(13-16-25)23(27)19-5-3-2-4-6-19/h2-10,12-13,15-16H,11,14,17H2,1H3/p+1. The Morgan fingerprint density at radius 2 is 1.54 bits per heavy atom. The summed E-state index contributed by atoms with van der Waals surface area (Å²) in [6.45, 7) is 0.777. The lowest BCUT2D eigenvalue weighted by Gasteiger charge is -2.05. The van der Waals surface area contributed by atoms with Crippen molar-refractivity contribution in [2.45, 2.75) is 13.0 Å². The van der Waals surface area contributed by atoms with E-state index in [-0.39, 0.29) is 18.2 Å². The monoisotopic (exact) mass is 375 g/mol. The molecule has 0 bridgehead atoms. The maximum absolute atomic E-state index is 12.4. The summed E-state index contributed by atoms with van der Waals surface area (Å²) in [5.41, 5.74) is 2.39. The van der Waals surface area contributed by atoms with Gasteiger partial charge in [-0.15, -0.1) is 0 Å². The van der Waals surface area contributed by atoms with E-state index in [1.807, 2.05) is 42.5 Å². The molecule has 0 aliphatic carbocycles. The van der Waals surface area contributed by atoms with Crippen LogP contribution in [0, 0.1) is 0 Å². The number of aromatic nitrogens is 1. The lowest BCUT2D eigenvalue weighted by atomic mass is 10.0. The maximum atomic E-state index is 12.4. The van der Waals surface area contributed by atoms with Gasteiger partial charge in [-0.05, 0) is 24.1 Å². The molecule has 0 aliphatic heterocycles. The fraction of sp³-hybridized carbons (Fsp3) is 0.174. The van der Waals surface area contributed by atoms with Crippen LogP contribution in [-0.2, 0) is 17.8 Å². The van der Waals surface area contributed by atoms with E-state index < -0.39 is 0 Å². The molecule has 0 fully saturated rings. The normalized spacial score (nSPS) is 10.3. The van der Waals surface area contributed by atoms with Gasteiger partial charge in [0.1, 0.15) is 5.75 Å². The lowest BCUT2D eigenvalue weighted by molar-refractivity contribution is -0.684. The van der Waals surface area contributed by atoms with Crippen LogP contribution in [0.2, 0.25) is 0 Å². The van der Waals surface area contributed by atoms with Crippen LogP contribution in [0.4, 0.5) is 0 Å². The van der Waals surface area contributed by atoms with E-state index in [9.17, 15) is 9.59 Å². The quantitative estimate of drug-likeness (QED) is 0.486. The molecule has 0 atom stereocenters. The van der Waals surface area contributed by atoms with Crippen LogP contribution in [0.15, 0.2) is 79.1 Å². The third kappa shape index (κ3) is 5.27. The van der Waals surface area contributed by atoms with E-state index in [2.05, 4.69) is 5.32 Å². The van der Waals surface area contributed by atoms with Crippen molar-refractivity contribution in [1.29, 1.82) is 0 Å². The zero-order chi connectivity index (χ0) is 19.8. The average Bonchev–Trinajstić information content (AvgIpc) is 2.75. The molecule has 5 nitrogen and oxygen atoms in total. The number of amides is 1. The van der Waals surface area contributed by atoms with E-state index in [0.717, 1.165) is 17.7 Å². The van der Waals surface area contributed by atoms with Gasteiger partial charge in [-0.2, -0.15) is 4.57 Å². The van der Waals surface area contributed by atoms with Crippen LogP contribution in [0.25, 0.3) is 0 Å². The van der Waals surface area contributed by atoms with Crippen LogP contribution < -0.4 is 14.6 Å². The summed E-state index contributed by atoms with van der Waals surface area (Å²) >= 11 is 0. The van der Waals surface area contributed by atoms with Crippen molar-refractivity contribution in [3.05, 3.63) is 95.8 Å². The highest BCUT2D eigenvalue weighted by atomic mass is 16.5. The molecule has 0 unspecified atom stereocenters. The third-order valence-corrected chi connectivity index (χ3v) is 4.41. The van der Waals surface area contributed by atoms with Crippen molar-refractivity contribution >= 4 is 11.7 Å². The number of hydrogen-bond acceptors (Lipinski definition) is 3. The van der Waals surface area contributed by atoms with Crippen LogP contribution in [-0.4, -0.2) is 25.3 Å². The maximum Gasteiger partial charge on any atom is 0.285 e. The first kappa shape index (κ1) is 19.3. The van der Waals surface area contributed by atoms with Gasteiger partial charge in [0.15, 0.2) is 18.2 Å². The molecule has 1 amide bonds. The Morgan fingerprint density at radius 3 is 2.18 bits per heavy atom. The molecular weight excluding hydrogens is 352 g/mol. The molecule has 0 spiro atoms. The zero-order valence-electron chi connectivity index (χ0n) is 15.8. The number of nitrogens with zero attached hydrogens (tertiary/aromatic N) is 1. The molecule has 3 rings (SSSR count). The fourth-order valence-corrected chi connectivity index (χ4v) is 2.83.